The average Bonchev–Trinajstić information content (AvgIpc) is 2.88. The number of pyridine rings is 1. The molecule has 0 bridgehead atoms. The number of nitrogens with zero attached hydrogens (tertiary/aromatic N) is 3. The minimum absolute atomic E-state index is 0.347. The molecule has 0 saturated heterocycles. The number of aromatic nitrogens is 2. The van der Waals surface area contributed by atoms with Gasteiger partial charge in [0, 0.05) is 24.7 Å². The van der Waals surface area contributed by atoms with Gasteiger partial charge in [-0.3, -0.25) is 4.98 Å². The molecule has 0 aromatic carbocycles. The number of nitriles is 1. The van der Waals surface area contributed by atoms with Crippen molar-refractivity contribution >= 4 is 11.3 Å². The summed E-state index contributed by atoms with van der Waals surface area (Å²) in [5.41, 5.74) is 1.54. The third-order valence-electron chi connectivity index (χ3n) is 2.61. The monoisotopic (exact) mass is 272 g/mol. The van der Waals surface area contributed by atoms with Crippen molar-refractivity contribution in [2.45, 2.75) is 20.4 Å². The molecule has 98 valence electrons. The lowest BCUT2D eigenvalue weighted by molar-refractivity contribution is 0.443. The third-order valence-corrected chi connectivity index (χ3v) is 3.53. The maximum atomic E-state index is 8.93. The van der Waals surface area contributed by atoms with Gasteiger partial charge in [0.2, 0.25) is 0 Å². The zero-order chi connectivity index (χ0) is 13.7. The van der Waals surface area contributed by atoms with Gasteiger partial charge in [-0.25, -0.2) is 4.98 Å². The second kappa shape index (κ2) is 5.91. The predicted octanol–water partition coefficient (Wildman–Crippen LogP) is 2.84. The Hall–Kier alpha value is -1.77. The summed E-state index contributed by atoms with van der Waals surface area (Å²) >= 11 is 1.59. The fourth-order valence-corrected chi connectivity index (χ4v) is 2.33. The fraction of sp³-hybridized carbons (Fsp3) is 0.357. The molecule has 5 heteroatoms. The first-order chi connectivity index (χ1) is 9.11. The van der Waals surface area contributed by atoms with Crippen molar-refractivity contribution in [3.63, 3.8) is 0 Å². The zero-order valence-electron chi connectivity index (χ0n) is 11.1. The molecule has 0 aliphatic rings. The topological polar surface area (TPSA) is 61.6 Å². The first kappa shape index (κ1) is 13.7. The lowest BCUT2D eigenvalue weighted by Crippen LogP contribution is -2.27. The van der Waals surface area contributed by atoms with Crippen LogP contribution in [0.25, 0.3) is 10.7 Å². The van der Waals surface area contributed by atoms with Crippen LogP contribution in [0.2, 0.25) is 0 Å². The molecule has 0 aliphatic heterocycles. The van der Waals surface area contributed by atoms with E-state index in [1.54, 1.807) is 17.5 Å². The normalized spacial score (nSPS) is 11.2. The van der Waals surface area contributed by atoms with Crippen LogP contribution in [0, 0.1) is 16.7 Å². The van der Waals surface area contributed by atoms with Crippen molar-refractivity contribution in [2.24, 2.45) is 5.41 Å². The minimum atomic E-state index is -0.347. The minimum Gasteiger partial charge on any atom is -0.310 e. The van der Waals surface area contributed by atoms with Crippen molar-refractivity contribution < 1.29 is 0 Å². The second-order valence-electron chi connectivity index (χ2n) is 4.96. The Kier molecular flexibility index (Phi) is 4.25. The van der Waals surface area contributed by atoms with E-state index in [9.17, 15) is 0 Å². The molecule has 1 N–H and O–H groups in total. The Morgan fingerprint density at radius 2 is 2.26 bits per heavy atom. The lowest BCUT2D eigenvalue weighted by atomic mass is 9.96. The Balaban J connectivity index is 1.94. The average molecular weight is 272 g/mol. The van der Waals surface area contributed by atoms with Crippen LogP contribution in [0.4, 0.5) is 0 Å². The largest absolute Gasteiger partial charge is 0.310 e. The van der Waals surface area contributed by atoms with Crippen molar-refractivity contribution in [2.75, 3.05) is 6.54 Å². The number of hydrogen-bond donors (Lipinski definition) is 1. The number of hydrogen-bond acceptors (Lipinski definition) is 5. The Morgan fingerprint density at radius 3 is 2.95 bits per heavy atom. The van der Waals surface area contributed by atoms with Crippen LogP contribution in [0.1, 0.15) is 19.5 Å². The van der Waals surface area contributed by atoms with E-state index >= 15 is 0 Å². The van der Waals surface area contributed by atoms with Gasteiger partial charge in [0.05, 0.1) is 22.9 Å². The van der Waals surface area contributed by atoms with Gasteiger partial charge in [-0.2, -0.15) is 5.26 Å². The smallest absolute Gasteiger partial charge is 0.142 e. The van der Waals surface area contributed by atoms with Crippen molar-refractivity contribution in [3.05, 3.63) is 35.5 Å². The van der Waals surface area contributed by atoms with Gasteiger partial charge in [0.25, 0.3) is 0 Å². The summed E-state index contributed by atoms with van der Waals surface area (Å²) < 4.78 is 0. The van der Waals surface area contributed by atoms with Gasteiger partial charge >= 0.3 is 0 Å². The molecule has 2 heterocycles. The molecule has 0 radical (unpaired) electrons. The van der Waals surface area contributed by atoms with Crippen LogP contribution in [-0.4, -0.2) is 16.5 Å². The van der Waals surface area contributed by atoms with Crippen LogP contribution in [0.3, 0.4) is 0 Å². The van der Waals surface area contributed by atoms with E-state index in [1.807, 2.05) is 37.4 Å². The van der Waals surface area contributed by atoms with E-state index in [0.717, 1.165) is 16.4 Å². The van der Waals surface area contributed by atoms with Crippen LogP contribution < -0.4 is 5.32 Å². The van der Waals surface area contributed by atoms with Crippen molar-refractivity contribution in [1.82, 2.24) is 15.3 Å². The van der Waals surface area contributed by atoms with Crippen molar-refractivity contribution in [3.8, 4) is 16.8 Å². The Bertz CT molecular complexity index is 569. The summed E-state index contributed by atoms with van der Waals surface area (Å²) in [6, 6.07) is 8.07. The maximum absolute atomic E-state index is 8.93. The molecule has 2 rings (SSSR count). The molecule has 4 nitrogen and oxygen atoms in total. The highest BCUT2D eigenvalue weighted by molar-refractivity contribution is 7.13. The van der Waals surface area contributed by atoms with E-state index in [4.69, 9.17) is 5.26 Å². The molecule has 0 amide bonds. The van der Waals surface area contributed by atoms with E-state index in [2.05, 4.69) is 21.4 Å². The molecule has 2 aromatic heterocycles. The van der Waals surface area contributed by atoms with Gasteiger partial charge < -0.3 is 5.32 Å². The summed E-state index contributed by atoms with van der Waals surface area (Å²) in [6.07, 6.45) is 1.77. The highest BCUT2D eigenvalue weighted by Crippen LogP contribution is 2.21. The predicted molar refractivity (Wildman–Crippen MR) is 76.4 cm³/mol. The van der Waals surface area contributed by atoms with E-state index in [-0.39, 0.29) is 5.41 Å². The molecule has 2 aromatic rings. The molecule has 0 spiro atoms. The molecular formula is C14H16N4S. The first-order valence-corrected chi connectivity index (χ1v) is 6.96. The highest BCUT2D eigenvalue weighted by Gasteiger charge is 2.15. The number of thiazole rings is 1. The summed E-state index contributed by atoms with van der Waals surface area (Å²) in [7, 11) is 0. The second-order valence-corrected chi connectivity index (χ2v) is 5.82. The van der Waals surface area contributed by atoms with Crippen LogP contribution >= 0.6 is 11.3 Å². The van der Waals surface area contributed by atoms with Gasteiger partial charge in [-0.1, -0.05) is 6.07 Å². The van der Waals surface area contributed by atoms with Crippen LogP contribution in [-0.2, 0) is 6.54 Å². The van der Waals surface area contributed by atoms with Gasteiger partial charge in [0.1, 0.15) is 5.01 Å². The van der Waals surface area contributed by atoms with E-state index in [1.165, 1.54) is 0 Å². The van der Waals surface area contributed by atoms with Crippen LogP contribution in [0.5, 0.6) is 0 Å². The summed E-state index contributed by atoms with van der Waals surface area (Å²) in [5, 5.41) is 15.1. The molecule has 0 saturated carbocycles. The van der Waals surface area contributed by atoms with Gasteiger partial charge in [0.15, 0.2) is 0 Å². The SMILES string of the molecule is CC(C)(C#N)CNCc1csc(-c2ccccn2)n1. The molecule has 0 unspecified atom stereocenters. The number of rotatable bonds is 5. The molecule has 0 atom stereocenters. The van der Waals surface area contributed by atoms with Crippen LogP contribution in [0.15, 0.2) is 29.8 Å². The lowest BCUT2D eigenvalue weighted by Gasteiger charge is -2.14. The van der Waals surface area contributed by atoms with Crippen molar-refractivity contribution in [1.29, 1.82) is 5.26 Å². The third kappa shape index (κ3) is 3.85. The summed E-state index contributed by atoms with van der Waals surface area (Å²) in [4.78, 5) is 8.82. The van der Waals surface area contributed by atoms with Gasteiger partial charge in [-0.15, -0.1) is 11.3 Å². The first-order valence-electron chi connectivity index (χ1n) is 6.08. The summed E-state index contributed by atoms with van der Waals surface area (Å²) in [5.74, 6) is 0. The van der Waals surface area contributed by atoms with Gasteiger partial charge in [-0.05, 0) is 26.0 Å². The summed E-state index contributed by atoms with van der Waals surface area (Å²) in [6.45, 7) is 5.16. The molecular weight excluding hydrogens is 256 g/mol. The zero-order valence-corrected chi connectivity index (χ0v) is 11.9. The molecule has 19 heavy (non-hydrogen) atoms. The highest BCUT2D eigenvalue weighted by atomic mass is 32.1. The van der Waals surface area contributed by atoms with E-state index in [0.29, 0.717) is 13.1 Å². The molecule has 0 fully saturated rings. The Morgan fingerprint density at radius 1 is 1.42 bits per heavy atom. The van der Waals surface area contributed by atoms with E-state index < -0.39 is 0 Å². The number of nitrogens with one attached hydrogen (secondary N) is 1. The fourth-order valence-electron chi connectivity index (χ4n) is 1.54. The standard InChI is InChI=1S/C14H16N4S/c1-14(2,9-15)10-16-7-11-8-19-13(18-11)12-5-3-4-6-17-12/h3-6,8,16H,7,10H2,1-2H3. The quantitative estimate of drug-likeness (QED) is 0.909. The molecule has 0 aliphatic carbocycles. The Labute approximate surface area is 117 Å². The maximum Gasteiger partial charge on any atom is 0.142 e.